The summed E-state index contributed by atoms with van der Waals surface area (Å²) >= 11 is 0. The number of halogens is 3. The number of H-pyrrole nitrogens is 1. The molecule has 10 heteroatoms. The van der Waals surface area contributed by atoms with Gasteiger partial charge in [0.2, 0.25) is 5.91 Å². The van der Waals surface area contributed by atoms with E-state index in [0.717, 1.165) is 0 Å². The largest absolute Gasteiger partial charge is 0.432 e. The van der Waals surface area contributed by atoms with Gasteiger partial charge in [-0.05, 0) is 6.92 Å². The first kappa shape index (κ1) is 17.3. The maximum Gasteiger partial charge on any atom is 0.432 e. The molecule has 23 heavy (non-hydrogen) atoms. The third kappa shape index (κ3) is 4.44. The van der Waals surface area contributed by atoms with Gasteiger partial charge in [0.15, 0.2) is 5.69 Å². The molecular weight excluding hydrogens is 315 g/mol. The fraction of sp³-hybridized carbons (Fsp3) is 0.615. The van der Waals surface area contributed by atoms with Gasteiger partial charge in [-0.2, -0.15) is 18.3 Å². The van der Waals surface area contributed by atoms with Crippen LogP contribution in [0.15, 0.2) is 6.07 Å². The fourth-order valence-corrected chi connectivity index (χ4v) is 2.30. The molecule has 2 N–H and O–H groups in total. The lowest BCUT2D eigenvalue weighted by molar-refractivity contribution is -0.141. The van der Waals surface area contributed by atoms with Gasteiger partial charge in [-0.1, -0.05) is 0 Å². The minimum Gasteiger partial charge on any atom is -0.355 e. The summed E-state index contributed by atoms with van der Waals surface area (Å²) in [6, 6.07) is 0.712. The number of rotatable bonds is 4. The minimum atomic E-state index is -4.56. The smallest absolute Gasteiger partial charge is 0.355 e. The van der Waals surface area contributed by atoms with Crippen LogP contribution in [0.25, 0.3) is 0 Å². The second kappa shape index (κ2) is 6.99. The molecule has 1 fully saturated rings. The van der Waals surface area contributed by atoms with E-state index in [1.54, 1.807) is 0 Å². The van der Waals surface area contributed by atoms with Crippen molar-refractivity contribution in [2.24, 2.45) is 0 Å². The summed E-state index contributed by atoms with van der Waals surface area (Å²) < 4.78 is 37.5. The Morgan fingerprint density at radius 3 is 2.48 bits per heavy atom. The SMILES string of the molecule is CCNC(=O)CN1CCN(C(=O)c2cc(C(F)(F)F)[nH]n2)CC1. The Labute approximate surface area is 130 Å². The standard InChI is InChI=1S/C13H18F3N5O2/c1-2-17-11(22)8-20-3-5-21(6-4-20)12(23)9-7-10(19-18-9)13(14,15)16/h7H,2-6,8H2,1H3,(H,17,22)(H,18,19). The number of likely N-dealkylation sites (N-methyl/N-ethyl adjacent to an activating group) is 1. The number of nitrogens with zero attached hydrogens (tertiary/aromatic N) is 3. The van der Waals surface area contributed by atoms with E-state index >= 15 is 0 Å². The van der Waals surface area contributed by atoms with E-state index < -0.39 is 17.8 Å². The van der Waals surface area contributed by atoms with Crippen LogP contribution in [0.2, 0.25) is 0 Å². The molecule has 1 aromatic rings. The van der Waals surface area contributed by atoms with Crippen LogP contribution in [0.1, 0.15) is 23.1 Å². The molecule has 0 radical (unpaired) electrons. The van der Waals surface area contributed by atoms with E-state index in [-0.39, 0.29) is 18.1 Å². The van der Waals surface area contributed by atoms with Crippen molar-refractivity contribution in [3.8, 4) is 0 Å². The summed E-state index contributed by atoms with van der Waals surface area (Å²) in [5, 5.41) is 7.95. The second-order valence-corrected chi connectivity index (χ2v) is 5.19. The topological polar surface area (TPSA) is 81.3 Å². The molecule has 0 saturated carbocycles. The minimum absolute atomic E-state index is 0.0885. The number of alkyl halides is 3. The summed E-state index contributed by atoms with van der Waals surface area (Å²) in [6.07, 6.45) is -4.56. The third-order valence-corrected chi connectivity index (χ3v) is 3.50. The Kier molecular flexibility index (Phi) is 5.24. The zero-order chi connectivity index (χ0) is 17.0. The lowest BCUT2D eigenvalue weighted by atomic mass is 10.2. The van der Waals surface area contributed by atoms with Gasteiger partial charge in [0.1, 0.15) is 5.69 Å². The van der Waals surface area contributed by atoms with E-state index in [1.807, 2.05) is 16.9 Å². The lowest BCUT2D eigenvalue weighted by Gasteiger charge is -2.33. The Morgan fingerprint density at radius 2 is 1.96 bits per heavy atom. The third-order valence-electron chi connectivity index (χ3n) is 3.50. The summed E-state index contributed by atoms with van der Waals surface area (Å²) in [5.74, 6) is -0.635. The van der Waals surface area contributed by atoms with Gasteiger partial charge in [-0.25, -0.2) is 0 Å². The number of nitrogens with one attached hydrogen (secondary N) is 2. The average molecular weight is 333 g/mol. The van der Waals surface area contributed by atoms with E-state index in [1.165, 1.54) is 4.90 Å². The molecule has 0 aliphatic carbocycles. The molecule has 0 bridgehead atoms. The van der Waals surface area contributed by atoms with Crippen molar-refractivity contribution in [3.05, 3.63) is 17.5 Å². The highest BCUT2D eigenvalue weighted by Crippen LogP contribution is 2.27. The number of hydrogen-bond donors (Lipinski definition) is 2. The first-order chi connectivity index (χ1) is 10.8. The predicted molar refractivity (Wildman–Crippen MR) is 74.6 cm³/mol. The second-order valence-electron chi connectivity index (χ2n) is 5.19. The van der Waals surface area contributed by atoms with Crippen LogP contribution in [0.3, 0.4) is 0 Å². The summed E-state index contributed by atoms with van der Waals surface area (Å²) in [4.78, 5) is 27.0. The van der Waals surface area contributed by atoms with Crippen LogP contribution < -0.4 is 5.32 Å². The maximum atomic E-state index is 12.5. The molecule has 1 aromatic heterocycles. The molecule has 128 valence electrons. The Balaban J connectivity index is 1.88. The van der Waals surface area contributed by atoms with Gasteiger partial charge in [0.25, 0.3) is 5.91 Å². The highest BCUT2D eigenvalue weighted by atomic mass is 19.4. The fourth-order valence-electron chi connectivity index (χ4n) is 2.30. The van der Waals surface area contributed by atoms with Gasteiger partial charge in [-0.15, -0.1) is 0 Å². The van der Waals surface area contributed by atoms with Gasteiger partial charge in [0, 0.05) is 38.8 Å². The monoisotopic (exact) mass is 333 g/mol. The maximum absolute atomic E-state index is 12.5. The van der Waals surface area contributed by atoms with Crippen LogP contribution in [-0.2, 0) is 11.0 Å². The van der Waals surface area contributed by atoms with Crippen LogP contribution in [-0.4, -0.2) is 71.1 Å². The predicted octanol–water partition coefficient (Wildman–Crippen LogP) is 0.322. The number of aromatic amines is 1. The number of carbonyl (C=O) groups excluding carboxylic acids is 2. The zero-order valence-electron chi connectivity index (χ0n) is 12.6. The van der Waals surface area contributed by atoms with Crippen LogP contribution in [0, 0.1) is 0 Å². The highest BCUT2D eigenvalue weighted by molar-refractivity contribution is 5.92. The number of carbonyl (C=O) groups is 2. The molecule has 0 aromatic carbocycles. The van der Waals surface area contributed by atoms with E-state index in [2.05, 4.69) is 10.4 Å². The quantitative estimate of drug-likeness (QED) is 0.832. The van der Waals surface area contributed by atoms with Gasteiger partial charge in [0.05, 0.1) is 6.54 Å². The number of piperazine rings is 1. The Bertz CT molecular complexity index is 564. The molecule has 1 aliphatic rings. The van der Waals surface area contributed by atoms with Crippen molar-refractivity contribution in [2.45, 2.75) is 13.1 Å². The van der Waals surface area contributed by atoms with Gasteiger partial charge < -0.3 is 10.2 Å². The molecule has 0 unspecified atom stereocenters. The molecule has 2 amide bonds. The molecule has 0 atom stereocenters. The molecule has 2 rings (SSSR count). The van der Waals surface area contributed by atoms with Crippen LogP contribution in [0.4, 0.5) is 13.2 Å². The van der Waals surface area contributed by atoms with Crippen molar-refractivity contribution in [1.82, 2.24) is 25.3 Å². The Hall–Kier alpha value is -2.10. The van der Waals surface area contributed by atoms with Gasteiger partial charge >= 0.3 is 6.18 Å². The van der Waals surface area contributed by atoms with Gasteiger partial charge in [-0.3, -0.25) is 19.6 Å². The average Bonchev–Trinajstić information content (AvgIpc) is 2.97. The van der Waals surface area contributed by atoms with E-state index in [4.69, 9.17) is 0 Å². The number of amides is 2. The van der Waals surface area contributed by atoms with E-state index in [0.29, 0.717) is 38.8 Å². The summed E-state index contributed by atoms with van der Waals surface area (Å²) in [6.45, 7) is 4.28. The highest BCUT2D eigenvalue weighted by Gasteiger charge is 2.34. The van der Waals surface area contributed by atoms with E-state index in [9.17, 15) is 22.8 Å². The van der Waals surface area contributed by atoms with Crippen molar-refractivity contribution >= 4 is 11.8 Å². The zero-order valence-corrected chi connectivity index (χ0v) is 12.6. The van der Waals surface area contributed by atoms with Crippen LogP contribution >= 0.6 is 0 Å². The van der Waals surface area contributed by atoms with Crippen LogP contribution in [0.5, 0.6) is 0 Å². The molecule has 0 spiro atoms. The molecule has 2 heterocycles. The van der Waals surface area contributed by atoms with Crippen molar-refractivity contribution in [1.29, 1.82) is 0 Å². The molecular formula is C13H18F3N5O2. The van der Waals surface area contributed by atoms with Crippen molar-refractivity contribution in [3.63, 3.8) is 0 Å². The summed E-state index contributed by atoms with van der Waals surface area (Å²) in [7, 11) is 0. The summed E-state index contributed by atoms with van der Waals surface area (Å²) in [5.41, 5.74) is -1.30. The lowest BCUT2D eigenvalue weighted by Crippen LogP contribution is -2.51. The molecule has 1 saturated heterocycles. The number of aromatic nitrogens is 2. The molecule has 1 aliphatic heterocycles. The number of hydrogen-bond acceptors (Lipinski definition) is 4. The first-order valence-electron chi connectivity index (χ1n) is 7.22. The first-order valence-corrected chi connectivity index (χ1v) is 7.22. The Morgan fingerprint density at radius 1 is 1.30 bits per heavy atom. The van der Waals surface area contributed by atoms with Crippen molar-refractivity contribution in [2.75, 3.05) is 39.3 Å². The molecule has 7 nitrogen and oxygen atoms in total. The normalized spacial score (nSPS) is 16.4. The van der Waals surface area contributed by atoms with Crippen molar-refractivity contribution < 1.29 is 22.8 Å².